The number of aromatic amines is 1. The van der Waals surface area contributed by atoms with Gasteiger partial charge in [0.05, 0.1) is 11.7 Å². The Labute approximate surface area is 105 Å². The Kier molecular flexibility index (Phi) is 3.02. The van der Waals surface area contributed by atoms with E-state index in [2.05, 4.69) is 10.5 Å². The molecule has 1 aromatic carbocycles. The summed E-state index contributed by atoms with van der Waals surface area (Å²) in [7, 11) is 0. The number of carbonyl (C=O) groups excluding carboxylic acids is 1. The van der Waals surface area contributed by atoms with Gasteiger partial charge >= 0.3 is 0 Å². The maximum atomic E-state index is 12.0. The molecule has 4 heteroatoms. The molecule has 1 aromatic heterocycles. The third kappa shape index (κ3) is 2.11. The molecular weight excluding hydrogens is 228 g/mol. The Morgan fingerprint density at radius 1 is 1.28 bits per heavy atom. The van der Waals surface area contributed by atoms with E-state index in [0.717, 1.165) is 23.7 Å². The number of amides is 1. The molecule has 94 valence electrons. The number of benzene rings is 1. The monoisotopic (exact) mass is 244 g/mol. The van der Waals surface area contributed by atoms with E-state index in [1.165, 1.54) is 12.8 Å². The van der Waals surface area contributed by atoms with Gasteiger partial charge in [-0.1, -0.05) is 31.0 Å². The van der Waals surface area contributed by atoms with Crippen LogP contribution in [0.5, 0.6) is 0 Å². The van der Waals surface area contributed by atoms with Crippen LogP contribution in [0.2, 0.25) is 0 Å². The van der Waals surface area contributed by atoms with Crippen molar-refractivity contribution in [2.75, 3.05) is 0 Å². The van der Waals surface area contributed by atoms with Crippen molar-refractivity contribution in [2.24, 2.45) is 0 Å². The third-order valence-corrected chi connectivity index (χ3v) is 3.45. The summed E-state index contributed by atoms with van der Waals surface area (Å²) in [4.78, 5) is 20.5. The first-order valence-electron chi connectivity index (χ1n) is 6.37. The molecule has 4 nitrogen and oxygen atoms in total. The maximum Gasteiger partial charge on any atom is 0.277 e. The number of carbonyl (C=O) groups is 1. The summed E-state index contributed by atoms with van der Waals surface area (Å²) in [5.74, 6) is -0.181. The van der Waals surface area contributed by atoms with Gasteiger partial charge in [0.1, 0.15) is 0 Å². The number of aromatic nitrogens is 1. The Balaban J connectivity index is 1.71. The predicted molar refractivity (Wildman–Crippen MR) is 69.1 cm³/mol. The minimum absolute atomic E-state index is 0.180. The van der Waals surface area contributed by atoms with E-state index in [4.69, 9.17) is 4.84 Å². The highest BCUT2D eigenvalue weighted by Crippen LogP contribution is 2.21. The normalized spacial score (nSPS) is 16.2. The zero-order valence-electron chi connectivity index (χ0n) is 10.1. The molecular formula is C14H16N2O2. The predicted octanol–water partition coefficient (Wildman–Crippen LogP) is 2.77. The first kappa shape index (κ1) is 11.3. The number of nitrogens with one attached hydrogen (secondary N) is 2. The average molecular weight is 244 g/mol. The highest BCUT2D eigenvalue weighted by molar-refractivity contribution is 6.06. The lowest BCUT2D eigenvalue weighted by molar-refractivity contribution is -0.0123. The van der Waals surface area contributed by atoms with Crippen LogP contribution in [0.3, 0.4) is 0 Å². The molecule has 1 saturated carbocycles. The van der Waals surface area contributed by atoms with E-state index in [0.29, 0.717) is 5.56 Å². The van der Waals surface area contributed by atoms with Crippen LogP contribution in [-0.4, -0.2) is 17.0 Å². The number of H-pyrrole nitrogens is 1. The molecule has 1 heterocycles. The molecule has 0 bridgehead atoms. The lowest BCUT2D eigenvalue weighted by atomic mass is 10.2. The second-order valence-corrected chi connectivity index (χ2v) is 4.70. The van der Waals surface area contributed by atoms with Crippen LogP contribution in [0.25, 0.3) is 10.9 Å². The standard InChI is InChI=1S/C14H16N2O2/c17-14(16-18-10-5-1-2-6-10)12-9-15-13-8-4-3-7-11(12)13/h3-4,7-10,15H,1-2,5-6H2,(H,16,17). The Morgan fingerprint density at radius 2 is 2.06 bits per heavy atom. The zero-order chi connectivity index (χ0) is 12.4. The molecule has 0 unspecified atom stereocenters. The van der Waals surface area contributed by atoms with Crippen LogP contribution in [0.4, 0.5) is 0 Å². The third-order valence-electron chi connectivity index (χ3n) is 3.45. The van der Waals surface area contributed by atoms with Gasteiger partial charge in [0.15, 0.2) is 0 Å². The summed E-state index contributed by atoms with van der Waals surface area (Å²) < 4.78 is 0. The van der Waals surface area contributed by atoms with E-state index in [-0.39, 0.29) is 12.0 Å². The summed E-state index contributed by atoms with van der Waals surface area (Å²) in [6.07, 6.45) is 6.35. The molecule has 0 saturated heterocycles. The molecule has 1 aliphatic rings. The van der Waals surface area contributed by atoms with Crippen LogP contribution in [0.15, 0.2) is 30.5 Å². The second-order valence-electron chi connectivity index (χ2n) is 4.70. The van der Waals surface area contributed by atoms with E-state index < -0.39 is 0 Å². The van der Waals surface area contributed by atoms with E-state index in [1.54, 1.807) is 6.20 Å². The van der Waals surface area contributed by atoms with Gasteiger partial charge in [0, 0.05) is 17.1 Å². The van der Waals surface area contributed by atoms with Crippen molar-refractivity contribution in [1.82, 2.24) is 10.5 Å². The number of fused-ring (bicyclic) bond motifs is 1. The lowest BCUT2D eigenvalue weighted by Crippen LogP contribution is -2.28. The lowest BCUT2D eigenvalue weighted by Gasteiger charge is -2.10. The summed E-state index contributed by atoms with van der Waals surface area (Å²) >= 11 is 0. The van der Waals surface area contributed by atoms with Gasteiger partial charge < -0.3 is 4.98 Å². The second kappa shape index (κ2) is 4.82. The molecule has 0 radical (unpaired) electrons. The van der Waals surface area contributed by atoms with Crippen LogP contribution >= 0.6 is 0 Å². The van der Waals surface area contributed by atoms with Crippen molar-refractivity contribution < 1.29 is 9.63 Å². The maximum absolute atomic E-state index is 12.0. The van der Waals surface area contributed by atoms with Crippen LogP contribution in [-0.2, 0) is 4.84 Å². The van der Waals surface area contributed by atoms with Crippen LogP contribution < -0.4 is 5.48 Å². The summed E-state index contributed by atoms with van der Waals surface area (Å²) in [5.41, 5.74) is 4.15. The Morgan fingerprint density at radius 3 is 2.89 bits per heavy atom. The van der Waals surface area contributed by atoms with Crippen molar-refractivity contribution in [3.05, 3.63) is 36.0 Å². The van der Waals surface area contributed by atoms with Crippen molar-refractivity contribution in [1.29, 1.82) is 0 Å². The fraction of sp³-hybridized carbons (Fsp3) is 0.357. The average Bonchev–Trinajstić information content (AvgIpc) is 3.05. The first-order valence-corrected chi connectivity index (χ1v) is 6.37. The molecule has 0 atom stereocenters. The van der Waals surface area contributed by atoms with Crippen LogP contribution in [0, 0.1) is 0 Å². The molecule has 1 fully saturated rings. The fourth-order valence-corrected chi connectivity index (χ4v) is 2.46. The van der Waals surface area contributed by atoms with E-state index in [1.807, 2.05) is 24.3 Å². The van der Waals surface area contributed by atoms with Crippen molar-refractivity contribution in [3.63, 3.8) is 0 Å². The largest absolute Gasteiger partial charge is 0.360 e. The molecule has 2 aromatic rings. The molecule has 0 spiro atoms. The van der Waals surface area contributed by atoms with Crippen molar-refractivity contribution in [2.45, 2.75) is 31.8 Å². The van der Waals surface area contributed by atoms with E-state index in [9.17, 15) is 4.79 Å². The summed E-state index contributed by atoms with van der Waals surface area (Å²) in [6.45, 7) is 0. The van der Waals surface area contributed by atoms with Gasteiger partial charge in [-0.3, -0.25) is 9.63 Å². The Bertz CT molecular complexity index is 556. The van der Waals surface area contributed by atoms with Crippen molar-refractivity contribution in [3.8, 4) is 0 Å². The fourth-order valence-electron chi connectivity index (χ4n) is 2.46. The number of para-hydroxylation sites is 1. The molecule has 1 aliphatic carbocycles. The van der Waals surface area contributed by atoms with Gasteiger partial charge in [-0.2, -0.15) is 0 Å². The molecule has 3 rings (SSSR count). The van der Waals surface area contributed by atoms with Crippen LogP contribution in [0.1, 0.15) is 36.0 Å². The minimum Gasteiger partial charge on any atom is -0.360 e. The summed E-state index contributed by atoms with van der Waals surface area (Å²) in [6, 6.07) is 7.74. The molecule has 1 amide bonds. The number of hydrogen-bond acceptors (Lipinski definition) is 2. The zero-order valence-corrected chi connectivity index (χ0v) is 10.1. The highest BCUT2D eigenvalue weighted by atomic mass is 16.7. The Hall–Kier alpha value is -1.81. The van der Waals surface area contributed by atoms with Gasteiger partial charge in [-0.15, -0.1) is 0 Å². The number of hydrogen-bond donors (Lipinski definition) is 2. The minimum atomic E-state index is -0.181. The quantitative estimate of drug-likeness (QED) is 0.816. The number of hydroxylamine groups is 1. The molecule has 18 heavy (non-hydrogen) atoms. The molecule has 0 aliphatic heterocycles. The smallest absolute Gasteiger partial charge is 0.277 e. The SMILES string of the molecule is O=C(NOC1CCCC1)c1c[nH]c2ccccc12. The molecule has 2 N–H and O–H groups in total. The van der Waals surface area contributed by atoms with Gasteiger partial charge in [0.25, 0.3) is 5.91 Å². The van der Waals surface area contributed by atoms with Gasteiger partial charge in [0.2, 0.25) is 0 Å². The topological polar surface area (TPSA) is 54.1 Å². The summed E-state index contributed by atoms with van der Waals surface area (Å²) in [5, 5.41) is 0.921. The van der Waals surface area contributed by atoms with Gasteiger partial charge in [-0.05, 0) is 18.9 Å². The highest BCUT2D eigenvalue weighted by Gasteiger charge is 2.18. The van der Waals surface area contributed by atoms with Gasteiger partial charge in [-0.25, -0.2) is 5.48 Å². The van der Waals surface area contributed by atoms with Crippen molar-refractivity contribution >= 4 is 16.8 Å². The number of rotatable bonds is 3. The van der Waals surface area contributed by atoms with E-state index >= 15 is 0 Å². The first-order chi connectivity index (χ1) is 8.84.